The van der Waals surface area contributed by atoms with Gasteiger partial charge in [-0.3, -0.25) is 9.10 Å². The van der Waals surface area contributed by atoms with Gasteiger partial charge < -0.3 is 10.1 Å². The maximum Gasteiger partial charge on any atom is 0.338 e. The highest BCUT2D eigenvalue weighted by Gasteiger charge is 2.24. The van der Waals surface area contributed by atoms with E-state index >= 15 is 0 Å². The lowest BCUT2D eigenvalue weighted by Crippen LogP contribution is -2.27. The summed E-state index contributed by atoms with van der Waals surface area (Å²) in [4.78, 5) is 24.7. The van der Waals surface area contributed by atoms with Crippen LogP contribution < -0.4 is 9.62 Å². The van der Waals surface area contributed by atoms with Crippen LogP contribution in [0.5, 0.6) is 0 Å². The zero-order chi connectivity index (χ0) is 24.2. The van der Waals surface area contributed by atoms with Crippen LogP contribution in [0.3, 0.4) is 0 Å². The van der Waals surface area contributed by atoms with Crippen molar-refractivity contribution in [3.63, 3.8) is 0 Å². The number of carbonyl (C=O) groups is 2. The molecule has 33 heavy (non-hydrogen) atoms. The van der Waals surface area contributed by atoms with Gasteiger partial charge in [-0.25, -0.2) is 13.2 Å². The van der Waals surface area contributed by atoms with Crippen LogP contribution >= 0.6 is 11.6 Å². The molecule has 0 heterocycles. The predicted molar refractivity (Wildman–Crippen MR) is 128 cm³/mol. The highest BCUT2D eigenvalue weighted by molar-refractivity contribution is 7.92. The Morgan fingerprint density at radius 2 is 1.61 bits per heavy atom. The van der Waals surface area contributed by atoms with E-state index in [1.165, 1.54) is 37.4 Å². The average molecular weight is 487 g/mol. The van der Waals surface area contributed by atoms with Gasteiger partial charge in [-0.1, -0.05) is 29.8 Å². The number of nitrogens with zero attached hydrogens (tertiary/aromatic N) is 1. The zero-order valence-corrected chi connectivity index (χ0v) is 19.9. The number of benzene rings is 3. The standard InChI is InChI=1S/C24H23ClN2O5S/c1-16(2)32-24(29)17-9-11-18(12-10-17)26-23(28)21-15-20(13-14-22(21)25)33(30,31)27(3)19-7-5-4-6-8-19/h4-16H,1-3H3,(H,26,28). The summed E-state index contributed by atoms with van der Waals surface area (Å²) in [5.41, 5.74) is 1.24. The number of nitrogens with one attached hydrogen (secondary N) is 1. The number of halogens is 1. The van der Waals surface area contributed by atoms with Crippen molar-refractivity contribution in [2.24, 2.45) is 0 Å². The maximum absolute atomic E-state index is 13.1. The SMILES string of the molecule is CC(C)OC(=O)c1ccc(NC(=O)c2cc(S(=O)(=O)N(C)c3ccccc3)ccc2Cl)cc1. The van der Waals surface area contributed by atoms with Crippen LogP contribution in [0.25, 0.3) is 0 Å². The molecule has 0 aliphatic carbocycles. The fraction of sp³-hybridized carbons (Fsp3) is 0.167. The second kappa shape index (κ2) is 10.1. The number of hydrogen-bond donors (Lipinski definition) is 1. The molecule has 0 spiro atoms. The molecule has 3 aromatic rings. The molecule has 0 unspecified atom stereocenters. The van der Waals surface area contributed by atoms with E-state index in [0.717, 1.165) is 4.31 Å². The van der Waals surface area contributed by atoms with Gasteiger partial charge >= 0.3 is 5.97 Å². The summed E-state index contributed by atoms with van der Waals surface area (Å²) in [6.45, 7) is 3.50. The summed E-state index contributed by atoms with van der Waals surface area (Å²) >= 11 is 6.19. The summed E-state index contributed by atoms with van der Waals surface area (Å²) in [5.74, 6) is -1.05. The third-order valence-corrected chi connectivity index (χ3v) is 6.79. The third kappa shape index (κ3) is 5.71. The quantitative estimate of drug-likeness (QED) is 0.475. The fourth-order valence-corrected chi connectivity index (χ4v) is 4.37. The normalized spacial score (nSPS) is 11.2. The van der Waals surface area contributed by atoms with Crippen LogP contribution in [0.2, 0.25) is 5.02 Å². The molecule has 0 aliphatic heterocycles. The van der Waals surface area contributed by atoms with Gasteiger partial charge in [0.05, 0.1) is 32.8 Å². The summed E-state index contributed by atoms with van der Waals surface area (Å²) in [5, 5.41) is 2.76. The molecule has 1 amide bonds. The molecule has 7 nitrogen and oxygen atoms in total. The maximum atomic E-state index is 13.1. The average Bonchev–Trinajstić information content (AvgIpc) is 2.79. The molecule has 3 aromatic carbocycles. The summed E-state index contributed by atoms with van der Waals surface area (Å²) in [6.07, 6.45) is -0.247. The molecule has 172 valence electrons. The molecule has 0 saturated carbocycles. The number of carbonyl (C=O) groups excluding carboxylic acids is 2. The number of para-hydroxylation sites is 1. The Kier molecular flexibility index (Phi) is 7.40. The summed E-state index contributed by atoms with van der Waals surface area (Å²) in [6, 6.07) is 18.7. The fourth-order valence-electron chi connectivity index (χ4n) is 2.94. The van der Waals surface area contributed by atoms with Crippen LogP contribution in [0, 0.1) is 0 Å². The lowest BCUT2D eigenvalue weighted by molar-refractivity contribution is 0.0378. The van der Waals surface area contributed by atoms with Gasteiger partial charge in [-0.05, 0) is 68.4 Å². The van der Waals surface area contributed by atoms with E-state index in [9.17, 15) is 18.0 Å². The van der Waals surface area contributed by atoms with Gasteiger partial charge in [0.1, 0.15) is 0 Å². The number of sulfonamides is 1. The number of amides is 1. The minimum absolute atomic E-state index is 0.00231. The smallest absolute Gasteiger partial charge is 0.338 e. The molecule has 0 bridgehead atoms. The lowest BCUT2D eigenvalue weighted by Gasteiger charge is -2.20. The Balaban J connectivity index is 1.82. The highest BCUT2D eigenvalue weighted by Crippen LogP contribution is 2.26. The Bertz CT molecular complexity index is 1260. The Morgan fingerprint density at radius 1 is 0.970 bits per heavy atom. The van der Waals surface area contributed by atoms with E-state index in [4.69, 9.17) is 16.3 Å². The van der Waals surface area contributed by atoms with Gasteiger partial charge in [-0.2, -0.15) is 0 Å². The van der Waals surface area contributed by atoms with Gasteiger partial charge in [0.25, 0.3) is 15.9 Å². The highest BCUT2D eigenvalue weighted by atomic mass is 35.5. The zero-order valence-electron chi connectivity index (χ0n) is 18.3. The van der Waals surface area contributed by atoms with Crippen LogP contribution in [-0.2, 0) is 14.8 Å². The molecule has 0 aliphatic rings. The van der Waals surface area contributed by atoms with Crippen molar-refractivity contribution in [3.05, 3.63) is 88.9 Å². The number of rotatable bonds is 7. The lowest BCUT2D eigenvalue weighted by atomic mass is 10.2. The molecule has 0 radical (unpaired) electrons. The minimum atomic E-state index is -3.92. The van der Waals surface area contributed by atoms with Crippen molar-refractivity contribution in [1.29, 1.82) is 0 Å². The minimum Gasteiger partial charge on any atom is -0.459 e. The van der Waals surface area contributed by atoms with E-state index in [0.29, 0.717) is 16.9 Å². The van der Waals surface area contributed by atoms with E-state index in [1.807, 2.05) is 0 Å². The molecule has 0 aromatic heterocycles. The van der Waals surface area contributed by atoms with Gasteiger partial charge in [0, 0.05) is 12.7 Å². The first kappa shape index (κ1) is 24.3. The number of ether oxygens (including phenoxy) is 1. The van der Waals surface area contributed by atoms with E-state index in [1.54, 1.807) is 56.3 Å². The number of anilines is 2. The molecule has 0 atom stereocenters. The van der Waals surface area contributed by atoms with Crippen LogP contribution in [0.1, 0.15) is 34.6 Å². The molecule has 1 N–H and O–H groups in total. The van der Waals surface area contributed by atoms with Gasteiger partial charge in [-0.15, -0.1) is 0 Å². The van der Waals surface area contributed by atoms with Crippen LogP contribution in [0.15, 0.2) is 77.7 Å². The van der Waals surface area contributed by atoms with Crippen molar-refractivity contribution in [1.82, 2.24) is 0 Å². The topological polar surface area (TPSA) is 92.8 Å². The van der Waals surface area contributed by atoms with Crippen molar-refractivity contribution in [2.45, 2.75) is 24.8 Å². The largest absolute Gasteiger partial charge is 0.459 e. The molecular weight excluding hydrogens is 464 g/mol. The van der Waals surface area contributed by atoms with E-state index in [-0.39, 0.29) is 21.6 Å². The van der Waals surface area contributed by atoms with Crippen molar-refractivity contribution in [2.75, 3.05) is 16.7 Å². The molecule has 3 rings (SSSR count). The molecule has 9 heteroatoms. The first-order chi connectivity index (χ1) is 15.6. The third-order valence-electron chi connectivity index (χ3n) is 4.68. The van der Waals surface area contributed by atoms with Crippen LogP contribution in [-0.4, -0.2) is 33.4 Å². The molecule has 0 fully saturated rings. The first-order valence-corrected chi connectivity index (χ1v) is 11.9. The van der Waals surface area contributed by atoms with Crippen molar-refractivity contribution < 1.29 is 22.7 Å². The first-order valence-electron chi connectivity index (χ1n) is 10.1. The summed E-state index contributed by atoms with van der Waals surface area (Å²) < 4.78 is 32.4. The monoisotopic (exact) mass is 486 g/mol. The summed E-state index contributed by atoms with van der Waals surface area (Å²) in [7, 11) is -2.48. The predicted octanol–water partition coefficient (Wildman–Crippen LogP) is 4.98. The van der Waals surface area contributed by atoms with Crippen LogP contribution in [0.4, 0.5) is 11.4 Å². The van der Waals surface area contributed by atoms with Crippen molar-refractivity contribution in [3.8, 4) is 0 Å². The van der Waals surface area contributed by atoms with Gasteiger partial charge in [0.2, 0.25) is 0 Å². The molecule has 0 saturated heterocycles. The number of esters is 1. The Hall–Kier alpha value is -3.36. The second-order valence-electron chi connectivity index (χ2n) is 7.44. The Morgan fingerprint density at radius 3 is 2.21 bits per heavy atom. The van der Waals surface area contributed by atoms with Gasteiger partial charge in [0.15, 0.2) is 0 Å². The second-order valence-corrected chi connectivity index (χ2v) is 9.81. The van der Waals surface area contributed by atoms with E-state index < -0.39 is 21.9 Å². The molecular formula is C24H23ClN2O5S. The number of hydrogen-bond acceptors (Lipinski definition) is 5. The van der Waals surface area contributed by atoms with E-state index in [2.05, 4.69) is 5.32 Å². The van der Waals surface area contributed by atoms with Crippen molar-refractivity contribution >= 4 is 44.9 Å². The Labute approximate surface area is 198 Å².